The topological polar surface area (TPSA) is 238 Å². The van der Waals surface area contributed by atoms with Crippen LogP contribution >= 0.6 is 0 Å². The van der Waals surface area contributed by atoms with Gasteiger partial charge in [0.1, 0.15) is 5.69 Å². The maximum absolute atomic E-state index is 13.4. The third-order valence-corrected chi connectivity index (χ3v) is 9.95. The number of carboxylic acid groups (broad SMARTS) is 2. The Kier molecular flexibility index (Phi) is 8.37. The summed E-state index contributed by atoms with van der Waals surface area (Å²) in [6.07, 6.45) is 2.83. The number of phenols is 1. The number of hydrogen-bond acceptors (Lipinski definition) is 11. The SMILES string of the molecule is O=C(O)c1ccc(NS(=O)(=O)c2ccc3c(c2)c(O)c(/N=N/c2ncccn2)c2cc(S(=O)(=O)Nc4ccc(C(=O)O)cc4)ccc23)cc1. The summed E-state index contributed by atoms with van der Waals surface area (Å²) < 4.78 is 58.2. The molecule has 17 heteroatoms. The number of aromatic nitrogens is 2. The number of rotatable bonds is 10. The summed E-state index contributed by atoms with van der Waals surface area (Å²) in [5.74, 6) is -2.94. The highest BCUT2D eigenvalue weighted by Crippen LogP contribution is 2.45. The van der Waals surface area contributed by atoms with Crippen molar-refractivity contribution in [1.29, 1.82) is 0 Å². The fraction of sp³-hybridized carbons (Fsp3) is 0. The standard InChI is InChI=1S/C32H22N6O9S2/c39-29-27-17-23(49(46,47)38-21-8-4-19(5-9-21)31(42)43)11-13-25(27)24-12-10-22(16-26(24)28(29)35-36-32-33-14-1-15-34-32)48(44,45)37-20-6-2-18(3-7-20)30(40)41/h1-17,37-39H,(H,40,41)(H,42,43)/b36-35+. The van der Waals surface area contributed by atoms with Crippen molar-refractivity contribution in [1.82, 2.24) is 9.97 Å². The number of aromatic carboxylic acids is 2. The van der Waals surface area contributed by atoms with E-state index in [1.807, 2.05) is 0 Å². The van der Waals surface area contributed by atoms with Gasteiger partial charge in [0.25, 0.3) is 26.0 Å². The van der Waals surface area contributed by atoms with Crippen LogP contribution in [0.2, 0.25) is 0 Å². The van der Waals surface area contributed by atoms with Crippen LogP contribution in [0, 0.1) is 0 Å². The van der Waals surface area contributed by atoms with Gasteiger partial charge in [0.05, 0.1) is 20.9 Å². The monoisotopic (exact) mass is 698 g/mol. The van der Waals surface area contributed by atoms with Crippen LogP contribution in [0.15, 0.2) is 123 Å². The van der Waals surface area contributed by atoms with E-state index in [9.17, 15) is 31.5 Å². The lowest BCUT2D eigenvalue weighted by molar-refractivity contribution is 0.0686. The molecule has 5 N–H and O–H groups in total. The molecular weight excluding hydrogens is 677 g/mol. The fourth-order valence-electron chi connectivity index (χ4n) is 4.83. The van der Waals surface area contributed by atoms with Crippen molar-refractivity contribution in [2.24, 2.45) is 10.2 Å². The smallest absolute Gasteiger partial charge is 0.335 e. The number of carboxylic acids is 2. The Labute approximate surface area is 277 Å². The summed E-state index contributed by atoms with van der Waals surface area (Å²) in [6, 6.07) is 19.7. The van der Waals surface area contributed by atoms with Crippen molar-refractivity contribution in [2.45, 2.75) is 9.79 Å². The molecule has 0 amide bonds. The van der Waals surface area contributed by atoms with E-state index in [4.69, 9.17) is 10.2 Å². The Bertz CT molecular complexity index is 2530. The van der Waals surface area contributed by atoms with Gasteiger partial charge in [-0.15, -0.1) is 10.2 Å². The Morgan fingerprint density at radius 3 is 1.51 bits per heavy atom. The molecule has 0 atom stereocenters. The van der Waals surface area contributed by atoms with Gasteiger partial charge in [-0.05, 0) is 89.6 Å². The van der Waals surface area contributed by atoms with Gasteiger partial charge in [0.2, 0.25) is 0 Å². The van der Waals surface area contributed by atoms with Gasteiger partial charge in [0.15, 0.2) is 5.75 Å². The zero-order chi connectivity index (χ0) is 34.9. The molecule has 0 radical (unpaired) electrons. The van der Waals surface area contributed by atoms with Crippen LogP contribution in [0.25, 0.3) is 21.5 Å². The van der Waals surface area contributed by atoms with E-state index in [2.05, 4.69) is 29.6 Å². The number of azo groups is 1. The predicted molar refractivity (Wildman–Crippen MR) is 178 cm³/mol. The molecule has 0 bridgehead atoms. The van der Waals surface area contributed by atoms with E-state index in [1.165, 1.54) is 97.3 Å². The lowest BCUT2D eigenvalue weighted by Crippen LogP contribution is -2.13. The Balaban J connectivity index is 1.46. The zero-order valence-electron chi connectivity index (χ0n) is 24.7. The van der Waals surface area contributed by atoms with Crippen LogP contribution in [0.1, 0.15) is 20.7 Å². The van der Waals surface area contributed by atoms with Gasteiger partial charge < -0.3 is 15.3 Å². The van der Waals surface area contributed by atoms with E-state index in [0.29, 0.717) is 10.8 Å². The molecule has 49 heavy (non-hydrogen) atoms. The van der Waals surface area contributed by atoms with Crippen molar-refractivity contribution in [3.05, 3.63) is 115 Å². The van der Waals surface area contributed by atoms with Gasteiger partial charge in [-0.3, -0.25) is 9.44 Å². The van der Waals surface area contributed by atoms with Crippen LogP contribution in [0.5, 0.6) is 5.75 Å². The van der Waals surface area contributed by atoms with Crippen molar-refractivity contribution in [3.8, 4) is 5.75 Å². The highest BCUT2D eigenvalue weighted by atomic mass is 32.2. The fourth-order valence-corrected chi connectivity index (χ4v) is 7.00. The molecule has 1 aromatic heterocycles. The lowest BCUT2D eigenvalue weighted by atomic mass is 9.99. The molecule has 1 heterocycles. The molecule has 5 aromatic carbocycles. The Morgan fingerprint density at radius 2 is 1.04 bits per heavy atom. The number of sulfonamides is 2. The molecule has 246 valence electrons. The van der Waals surface area contributed by atoms with E-state index in [0.717, 1.165) is 0 Å². The highest BCUT2D eigenvalue weighted by Gasteiger charge is 2.22. The van der Waals surface area contributed by atoms with Crippen LogP contribution in [0.3, 0.4) is 0 Å². The molecule has 15 nitrogen and oxygen atoms in total. The third-order valence-electron chi connectivity index (χ3n) is 7.19. The van der Waals surface area contributed by atoms with Crippen LogP contribution in [-0.4, -0.2) is 54.1 Å². The maximum Gasteiger partial charge on any atom is 0.335 e. The molecular formula is C32H22N6O9S2. The first-order valence-electron chi connectivity index (χ1n) is 14.0. The van der Waals surface area contributed by atoms with Crippen molar-refractivity contribution < 1.29 is 41.7 Å². The summed E-state index contributed by atoms with van der Waals surface area (Å²) in [4.78, 5) is 29.8. The Morgan fingerprint density at radius 1 is 0.592 bits per heavy atom. The third kappa shape index (κ3) is 6.69. The van der Waals surface area contributed by atoms with Crippen LogP contribution < -0.4 is 9.44 Å². The molecule has 0 saturated heterocycles. The largest absolute Gasteiger partial charge is 0.505 e. The van der Waals surface area contributed by atoms with Gasteiger partial charge in [-0.2, -0.15) is 0 Å². The maximum atomic E-state index is 13.4. The first kappa shape index (κ1) is 32.5. The second-order valence-electron chi connectivity index (χ2n) is 10.3. The summed E-state index contributed by atoms with van der Waals surface area (Å²) >= 11 is 0. The predicted octanol–water partition coefficient (Wildman–Crippen LogP) is 5.90. The Hall–Kier alpha value is -6.46. The number of nitrogens with zero attached hydrogens (tertiary/aromatic N) is 4. The summed E-state index contributed by atoms with van der Waals surface area (Å²) in [5, 5.41) is 38.8. The minimum absolute atomic E-state index is 0.0328. The number of nitrogens with one attached hydrogen (secondary N) is 2. The summed E-state index contributed by atoms with van der Waals surface area (Å²) in [6.45, 7) is 0. The summed E-state index contributed by atoms with van der Waals surface area (Å²) in [7, 11) is -8.49. The van der Waals surface area contributed by atoms with E-state index < -0.39 is 37.7 Å². The van der Waals surface area contributed by atoms with Gasteiger partial charge >= 0.3 is 11.9 Å². The van der Waals surface area contributed by atoms with Crippen molar-refractivity contribution in [2.75, 3.05) is 9.44 Å². The minimum atomic E-state index is -4.25. The molecule has 0 aliphatic heterocycles. The number of fused-ring (bicyclic) bond motifs is 3. The quantitative estimate of drug-likeness (QED) is 0.0833. The van der Waals surface area contributed by atoms with Crippen molar-refractivity contribution >= 4 is 76.5 Å². The number of anilines is 2. The summed E-state index contributed by atoms with van der Waals surface area (Å²) in [5.41, 5.74) is -0.0635. The number of phenolic OH excluding ortho intramolecular Hbond substituents is 1. The lowest BCUT2D eigenvalue weighted by Gasteiger charge is -2.14. The van der Waals surface area contributed by atoms with Gasteiger partial charge in [0, 0.05) is 34.5 Å². The molecule has 0 spiro atoms. The average molecular weight is 699 g/mol. The second-order valence-corrected chi connectivity index (χ2v) is 13.7. The number of carbonyl (C=O) groups is 2. The first-order valence-corrected chi connectivity index (χ1v) is 16.9. The van der Waals surface area contributed by atoms with Crippen LogP contribution in [0.4, 0.5) is 23.0 Å². The number of hydrogen-bond donors (Lipinski definition) is 5. The average Bonchev–Trinajstić information content (AvgIpc) is 3.08. The van der Waals surface area contributed by atoms with E-state index in [1.54, 1.807) is 6.07 Å². The van der Waals surface area contributed by atoms with Gasteiger partial charge in [-0.1, -0.05) is 12.1 Å². The van der Waals surface area contributed by atoms with Crippen molar-refractivity contribution in [3.63, 3.8) is 0 Å². The van der Waals surface area contributed by atoms with E-state index >= 15 is 0 Å². The normalized spacial score (nSPS) is 11.9. The molecule has 0 unspecified atom stereocenters. The molecule has 0 aliphatic rings. The second kappa shape index (κ2) is 12.6. The molecule has 6 aromatic rings. The van der Waals surface area contributed by atoms with Gasteiger partial charge in [-0.25, -0.2) is 36.4 Å². The minimum Gasteiger partial charge on any atom is -0.505 e. The molecule has 6 rings (SSSR count). The highest BCUT2D eigenvalue weighted by molar-refractivity contribution is 7.93. The van der Waals surface area contributed by atoms with Crippen LogP contribution in [-0.2, 0) is 20.0 Å². The number of aromatic hydroxyl groups is 1. The zero-order valence-corrected chi connectivity index (χ0v) is 26.3. The molecule has 0 saturated carbocycles. The van der Waals surface area contributed by atoms with E-state index in [-0.39, 0.29) is 54.7 Å². The first-order chi connectivity index (χ1) is 23.3. The molecule has 0 aliphatic carbocycles. The number of benzene rings is 5. The molecule has 0 fully saturated rings.